The van der Waals surface area contributed by atoms with Crippen LogP contribution in [0.3, 0.4) is 0 Å². The van der Waals surface area contributed by atoms with Gasteiger partial charge in [-0.15, -0.1) is 12.4 Å². The molecule has 0 aromatic carbocycles. The first-order valence-electron chi connectivity index (χ1n) is 7.15. The van der Waals surface area contributed by atoms with Gasteiger partial charge in [0.2, 0.25) is 5.91 Å². The fraction of sp³-hybridized carbons (Fsp3) is 0.929. The van der Waals surface area contributed by atoms with E-state index < -0.39 is 0 Å². The van der Waals surface area contributed by atoms with Gasteiger partial charge in [0.1, 0.15) is 0 Å². The van der Waals surface area contributed by atoms with Gasteiger partial charge in [0.05, 0.1) is 0 Å². The summed E-state index contributed by atoms with van der Waals surface area (Å²) in [6.45, 7) is 8.77. The Morgan fingerprint density at radius 3 is 2.72 bits per heavy atom. The third-order valence-electron chi connectivity index (χ3n) is 4.45. The van der Waals surface area contributed by atoms with E-state index in [0.29, 0.717) is 11.8 Å². The molecule has 2 unspecified atom stereocenters. The van der Waals surface area contributed by atoms with Crippen LogP contribution in [0.2, 0.25) is 0 Å². The molecule has 0 saturated carbocycles. The first-order valence-corrected chi connectivity index (χ1v) is 7.15. The number of halogens is 1. The largest absolute Gasteiger partial charge is 0.342 e. The van der Waals surface area contributed by atoms with Gasteiger partial charge in [-0.1, -0.05) is 13.8 Å². The summed E-state index contributed by atoms with van der Waals surface area (Å²) in [6.07, 6.45) is 4.29. The second-order valence-corrected chi connectivity index (χ2v) is 6.03. The van der Waals surface area contributed by atoms with Gasteiger partial charge in [0.25, 0.3) is 0 Å². The first kappa shape index (κ1) is 15.8. The summed E-state index contributed by atoms with van der Waals surface area (Å²) >= 11 is 0. The van der Waals surface area contributed by atoms with Crippen molar-refractivity contribution in [1.82, 2.24) is 10.2 Å². The molecule has 106 valence electrons. The lowest BCUT2D eigenvalue weighted by molar-refractivity contribution is -0.130. The van der Waals surface area contributed by atoms with Crippen molar-refractivity contribution >= 4 is 18.3 Å². The number of carbonyl (C=O) groups is 1. The summed E-state index contributed by atoms with van der Waals surface area (Å²) in [5, 5.41) is 3.36. The monoisotopic (exact) mass is 274 g/mol. The van der Waals surface area contributed by atoms with E-state index >= 15 is 0 Å². The minimum Gasteiger partial charge on any atom is -0.342 e. The molecule has 0 spiro atoms. The summed E-state index contributed by atoms with van der Waals surface area (Å²) in [5.41, 5.74) is 0. The van der Waals surface area contributed by atoms with E-state index in [-0.39, 0.29) is 12.4 Å². The van der Waals surface area contributed by atoms with Crippen molar-refractivity contribution < 1.29 is 4.79 Å². The van der Waals surface area contributed by atoms with Crippen LogP contribution in [0.1, 0.15) is 39.5 Å². The molecule has 0 radical (unpaired) electrons. The van der Waals surface area contributed by atoms with Gasteiger partial charge in [-0.05, 0) is 50.1 Å². The van der Waals surface area contributed by atoms with E-state index in [1.54, 1.807) is 0 Å². The second-order valence-electron chi connectivity index (χ2n) is 6.03. The molecule has 2 fully saturated rings. The fourth-order valence-corrected chi connectivity index (χ4v) is 3.00. The molecule has 18 heavy (non-hydrogen) atoms. The SMILES string of the molecule is CC(C)C1CCN(C(=O)CCC2CCNC2)C1.Cl. The van der Waals surface area contributed by atoms with Gasteiger partial charge in [-0.2, -0.15) is 0 Å². The number of carbonyl (C=O) groups excluding carboxylic acids is 1. The molecule has 3 nitrogen and oxygen atoms in total. The lowest BCUT2D eigenvalue weighted by atomic mass is 9.95. The van der Waals surface area contributed by atoms with Gasteiger partial charge in [-0.3, -0.25) is 4.79 Å². The molecule has 4 heteroatoms. The Labute approximate surface area is 117 Å². The lowest BCUT2D eigenvalue weighted by Crippen LogP contribution is -2.29. The van der Waals surface area contributed by atoms with E-state index in [1.807, 2.05) is 0 Å². The molecule has 2 aliphatic heterocycles. The maximum absolute atomic E-state index is 12.1. The Balaban J connectivity index is 0.00000162. The Hall–Kier alpha value is -0.280. The summed E-state index contributed by atoms with van der Waals surface area (Å²) in [6, 6.07) is 0. The molecule has 0 aromatic rings. The van der Waals surface area contributed by atoms with Gasteiger partial charge in [0.15, 0.2) is 0 Å². The van der Waals surface area contributed by atoms with Crippen molar-refractivity contribution in [3.8, 4) is 0 Å². The van der Waals surface area contributed by atoms with Gasteiger partial charge in [0, 0.05) is 19.5 Å². The van der Waals surface area contributed by atoms with Crippen LogP contribution in [0, 0.1) is 17.8 Å². The van der Waals surface area contributed by atoms with Gasteiger partial charge < -0.3 is 10.2 Å². The third-order valence-corrected chi connectivity index (χ3v) is 4.45. The number of hydrogen-bond donors (Lipinski definition) is 1. The maximum atomic E-state index is 12.1. The molecule has 2 rings (SSSR count). The quantitative estimate of drug-likeness (QED) is 0.853. The molecule has 1 N–H and O–H groups in total. The molecule has 2 heterocycles. The van der Waals surface area contributed by atoms with Crippen molar-refractivity contribution in [3.05, 3.63) is 0 Å². The zero-order chi connectivity index (χ0) is 12.3. The van der Waals surface area contributed by atoms with Crippen LogP contribution in [0.4, 0.5) is 0 Å². The third kappa shape index (κ3) is 4.13. The minimum absolute atomic E-state index is 0. The number of rotatable bonds is 4. The van der Waals surface area contributed by atoms with Crippen LogP contribution in [0.15, 0.2) is 0 Å². The number of likely N-dealkylation sites (tertiary alicyclic amines) is 1. The molecule has 0 aliphatic carbocycles. The highest BCUT2D eigenvalue weighted by atomic mass is 35.5. The molecular weight excluding hydrogens is 248 g/mol. The normalized spacial score (nSPS) is 27.6. The van der Waals surface area contributed by atoms with Crippen molar-refractivity contribution in [2.75, 3.05) is 26.2 Å². The zero-order valence-electron chi connectivity index (χ0n) is 11.7. The number of hydrogen-bond acceptors (Lipinski definition) is 2. The topological polar surface area (TPSA) is 32.3 Å². The van der Waals surface area contributed by atoms with E-state index in [4.69, 9.17) is 0 Å². The molecule has 0 aromatic heterocycles. The zero-order valence-corrected chi connectivity index (χ0v) is 12.5. The average Bonchev–Trinajstić information content (AvgIpc) is 2.96. The Morgan fingerprint density at radius 2 is 2.17 bits per heavy atom. The van der Waals surface area contributed by atoms with Crippen LogP contribution >= 0.6 is 12.4 Å². The van der Waals surface area contributed by atoms with Crippen LogP contribution in [-0.4, -0.2) is 37.0 Å². The summed E-state index contributed by atoms with van der Waals surface area (Å²) < 4.78 is 0. The Bertz CT molecular complexity index is 265. The number of nitrogens with zero attached hydrogens (tertiary/aromatic N) is 1. The van der Waals surface area contributed by atoms with Crippen molar-refractivity contribution in [3.63, 3.8) is 0 Å². The molecule has 2 atom stereocenters. The molecule has 2 aliphatic rings. The summed E-state index contributed by atoms with van der Waals surface area (Å²) in [5.74, 6) is 2.57. The maximum Gasteiger partial charge on any atom is 0.222 e. The van der Waals surface area contributed by atoms with E-state index in [2.05, 4.69) is 24.1 Å². The molecule has 1 amide bonds. The van der Waals surface area contributed by atoms with Crippen LogP contribution in [-0.2, 0) is 4.79 Å². The molecule has 2 saturated heterocycles. The summed E-state index contributed by atoms with van der Waals surface area (Å²) in [7, 11) is 0. The van der Waals surface area contributed by atoms with E-state index in [1.165, 1.54) is 12.8 Å². The van der Waals surface area contributed by atoms with Crippen molar-refractivity contribution in [2.45, 2.75) is 39.5 Å². The average molecular weight is 275 g/mol. The minimum atomic E-state index is 0. The van der Waals surface area contributed by atoms with Crippen LogP contribution in [0.5, 0.6) is 0 Å². The van der Waals surface area contributed by atoms with E-state index in [9.17, 15) is 4.79 Å². The van der Waals surface area contributed by atoms with Crippen LogP contribution < -0.4 is 5.32 Å². The smallest absolute Gasteiger partial charge is 0.222 e. The predicted molar refractivity (Wildman–Crippen MR) is 77.0 cm³/mol. The molecule has 0 bridgehead atoms. The highest BCUT2D eigenvalue weighted by Gasteiger charge is 2.28. The van der Waals surface area contributed by atoms with E-state index in [0.717, 1.165) is 50.9 Å². The van der Waals surface area contributed by atoms with Crippen molar-refractivity contribution in [1.29, 1.82) is 0 Å². The van der Waals surface area contributed by atoms with Crippen molar-refractivity contribution in [2.24, 2.45) is 17.8 Å². The second kappa shape index (κ2) is 7.34. The Morgan fingerprint density at radius 1 is 1.39 bits per heavy atom. The number of nitrogens with one attached hydrogen (secondary N) is 1. The standard InChI is InChI=1S/C14H26N2O.ClH/c1-11(2)13-6-8-16(10-13)14(17)4-3-12-5-7-15-9-12;/h11-13,15H,3-10H2,1-2H3;1H. The number of amides is 1. The lowest BCUT2D eigenvalue weighted by Gasteiger charge is -2.19. The highest BCUT2D eigenvalue weighted by molar-refractivity contribution is 5.85. The van der Waals surface area contributed by atoms with Gasteiger partial charge >= 0.3 is 0 Å². The fourth-order valence-electron chi connectivity index (χ4n) is 3.00. The van der Waals surface area contributed by atoms with Gasteiger partial charge in [-0.25, -0.2) is 0 Å². The first-order chi connectivity index (χ1) is 8.16. The summed E-state index contributed by atoms with van der Waals surface area (Å²) in [4.78, 5) is 14.2. The van der Waals surface area contributed by atoms with Crippen LogP contribution in [0.25, 0.3) is 0 Å². The molecular formula is C14H27ClN2O. The predicted octanol–water partition coefficient (Wildman–Crippen LogP) is 2.30. The Kier molecular flexibility index (Phi) is 6.44. The highest BCUT2D eigenvalue weighted by Crippen LogP contribution is 2.25.